The predicted octanol–water partition coefficient (Wildman–Crippen LogP) is 3.84. The molecular weight excluding hydrogens is 416 g/mol. The zero-order chi connectivity index (χ0) is 22.4. The largest absolute Gasteiger partial charge is 0.496 e. The Balaban J connectivity index is 1.65. The minimum Gasteiger partial charge on any atom is -0.496 e. The van der Waals surface area contributed by atoms with Gasteiger partial charge in [-0.2, -0.15) is 4.31 Å². The van der Waals surface area contributed by atoms with Gasteiger partial charge in [0.2, 0.25) is 15.9 Å². The van der Waals surface area contributed by atoms with Gasteiger partial charge in [0.05, 0.1) is 18.1 Å². The molecule has 3 rings (SSSR count). The van der Waals surface area contributed by atoms with Crippen molar-refractivity contribution >= 4 is 21.6 Å². The molecule has 1 fully saturated rings. The van der Waals surface area contributed by atoms with Crippen LogP contribution in [0, 0.1) is 0 Å². The number of benzene rings is 2. The molecule has 0 atom stereocenters. The first-order chi connectivity index (χ1) is 14.8. The number of anilines is 1. The van der Waals surface area contributed by atoms with Crippen molar-refractivity contribution in [2.24, 2.45) is 0 Å². The normalized spacial score (nSPS) is 14.6. The van der Waals surface area contributed by atoms with Crippen LogP contribution in [0.25, 0.3) is 0 Å². The molecule has 0 saturated carbocycles. The average Bonchev–Trinajstić information content (AvgIpc) is 3.29. The molecule has 0 unspecified atom stereocenters. The van der Waals surface area contributed by atoms with Crippen molar-refractivity contribution in [1.29, 1.82) is 0 Å². The minimum atomic E-state index is -3.52. The molecule has 1 heterocycles. The number of ether oxygens (including phenoxy) is 2. The Labute approximate surface area is 184 Å². The van der Waals surface area contributed by atoms with E-state index in [1.807, 2.05) is 26.0 Å². The van der Waals surface area contributed by atoms with Crippen LogP contribution < -0.4 is 14.8 Å². The van der Waals surface area contributed by atoms with Gasteiger partial charge in [0.15, 0.2) is 0 Å². The maximum Gasteiger partial charge on any atom is 0.243 e. The molecule has 31 heavy (non-hydrogen) atoms. The Morgan fingerprint density at radius 3 is 2.39 bits per heavy atom. The second kappa shape index (κ2) is 10.2. The minimum absolute atomic E-state index is 0.0838. The highest BCUT2D eigenvalue weighted by molar-refractivity contribution is 7.89. The monoisotopic (exact) mass is 446 g/mol. The molecule has 168 valence electrons. The topological polar surface area (TPSA) is 84.9 Å². The Kier molecular flexibility index (Phi) is 7.56. The van der Waals surface area contributed by atoms with Crippen molar-refractivity contribution in [3.05, 3.63) is 48.0 Å². The summed E-state index contributed by atoms with van der Waals surface area (Å²) in [5, 5.41) is 2.86. The number of aryl methyl sites for hydroxylation is 1. The molecule has 8 heteroatoms. The highest BCUT2D eigenvalue weighted by Gasteiger charge is 2.27. The summed E-state index contributed by atoms with van der Waals surface area (Å²) in [6, 6.07) is 12.0. The summed E-state index contributed by atoms with van der Waals surface area (Å²) in [5.41, 5.74) is 1.37. The highest BCUT2D eigenvalue weighted by Crippen LogP contribution is 2.27. The van der Waals surface area contributed by atoms with Gasteiger partial charge in [0.25, 0.3) is 0 Å². The van der Waals surface area contributed by atoms with Crippen LogP contribution in [-0.2, 0) is 21.2 Å². The summed E-state index contributed by atoms with van der Waals surface area (Å²) in [6.07, 6.45) is 2.42. The van der Waals surface area contributed by atoms with Gasteiger partial charge in [-0.25, -0.2) is 8.42 Å². The maximum atomic E-state index is 12.9. The standard InChI is InChI=1S/C23H30N2O5S/c1-17(2)30-20-9-7-19(8-10-20)24-23(26)13-6-18-16-21(11-12-22(18)29-3)31(27,28)25-14-4-5-15-25/h7-12,16-17H,4-6,13-15H2,1-3H3,(H,24,26). The summed E-state index contributed by atoms with van der Waals surface area (Å²) >= 11 is 0. The quantitative estimate of drug-likeness (QED) is 0.633. The lowest BCUT2D eigenvalue weighted by Crippen LogP contribution is -2.28. The van der Waals surface area contributed by atoms with E-state index in [2.05, 4.69) is 5.32 Å². The van der Waals surface area contributed by atoms with Gasteiger partial charge in [0, 0.05) is 25.2 Å². The molecule has 0 aromatic heterocycles. The number of nitrogens with one attached hydrogen (secondary N) is 1. The van der Waals surface area contributed by atoms with E-state index in [1.165, 1.54) is 11.4 Å². The molecule has 2 aromatic rings. The van der Waals surface area contributed by atoms with Crippen LogP contribution in [0.2, 0.25) is 0 Å². The number of amides is 1. The van der Waals surface area contributed by atoms with Crippen LogP contribution in [-0.4, -0.2) is 44.9 Å². The summed E-state index contributed by atoms with van der Waals surface area (Å²) in [6.45, 7) is 5.00. The van der Waals surface area contributed by atoms with Gasteiger partial charge >= 0.3 is 0 Å². The lowest BCUT2D eigenvalue weighted by molar-refractivity contribution is -0.116. The zero-order valence-electron chi connectivity index (χ0n) is 18.3. The van der Waals surface area contributed by atoms with Gasteiger partial charge in [-0.05, 0) is 81.1 Å². The first-order valence-corrected chi connectivity index (χ1v) is 12.0. The van der Waals surface area contributed by atoms with Crippen LogP contribution in [0.15, 0.2) is 47.4 Å². The molecule has 1 amide bonds. The highest BCUT2D eigenvalue weighted by atomic mass is 32.2. The number of rotatable bonds is 9. The summed E-state index contributed by atoms with van der Waals surface area (Å²) in [4.78, 5) is 12.7. The number of carbonyl (C=O) groups excluding carboxylic acids is 1. The second-order valence-electron chi connectivity index (χ2n) is 7.82. The molecule has 0 radical (unpaired) electrons. The van der Waals surface area contributed by atoms with Gasteiger partial charge in [-0.15, -0.1) is 0 Å². The third-order valence-corrected chi connectivity index (χ3v) is 6.98. The maximum absolute atomic E-state index is 12.9. The smallest absolute Gasteiger partial charge is 0.243 e. The van der Waals surface area contributed by atoms with Crippen LogP contribution >= 0.6 is 0 Å². The van der Waals surface area contributed by atoms with Crippen molar-refractivity contribution in [2.45, 2.75) is 50.5 Å². The number of hydrogen-bond acceptors (Lipinski definition) is 5. The Hall–Kier alpha value is -2.58. The molecule has 0 bridgehead atoms. The van der Waals surface area contributed by atoms with E-state index >= 15 is 0 Å². The van der Waals surface area contributed by atoms with Gasteiger partial charge in [-0.1, -0.05) is 0 Å². The molecule has 1 saturated heterocycles. The fourth-order valence-electron chi connectivity index (χ4n) is 3.55. The van der Waals surface area contributed by atoms with Crippen LogP contribution in [0.3, 0.4) is 0 Å². The van der Waals surface area contributed by atoms with Crippen LogP contribution in [0.1, 0.15) is 38.7 Å². The molecule has 0 aliphatic carbocycles. The fraction of sp³-hybridized carbons (Fsp3) is 0.435. The third kappa shape index (κ3) is 5.98. The number of nitrogens with zero attached hydrogens (tertiary/aromatic N) is 1. The number of hydrogen-bond donors (Lipinski definition) is 1. The van der Waals surface area contributed by atoms with E-state index in [9.17, 15) is 13.2 Å². The van der Waals surface area contributed by atoms with E-state index in [0.29, 0.717) is 36.5 Å². The number of sulfonamides is 1. The molecular formula is C23H30N2O5S. The molecule has 2 aromatic carbocycles. The van der Waals surface area contributed by atoms with E-state index in [4.69, 9.17) is 9.47 Å². The van der Waals surface area contributed by atoms with E-state index in [1.54, 1.807) is 30.3 Å². The summed E-state index contributed by atoms with van der Waals surface area (Å²) in [7, 11) is -1.98. The lowest BCUT2D eigenvalue weighted by Gasteiger charge is -2.17. The van der Waals surface area contributed by atoms with Crippen LogP contribution in [0.4, 0.5) is 5.69 Å². The first-order valence-electron chi connectivity index (χ1n) is 10.5. The lowest BCUT2D eigenvalue weighted by atomic mass is 10.1. The number of carbonyl (C=O) groups is 1. The van der Waals surface area contributed by atoms with Crippen molar-refractivity contribution in [3.63, 3.8) is 0 Å². The SMILES string of the molecule is COc1ccc(S(=O)(=O)N2CCCC2)cc1CCC(=O)Nc1ccc(OC(C)C)cc1. The summed E-state index contributed by atoms with van der Waals surface area (Å²) < 4.78 is 38.2. The molecule has 0 spiro atoms. The molecule has 1 aliphatic rings. The van der Waals surface area contributed by atoms with Crippen molar-refractivity contribution in [3.8, 4) is 11.5 Å². The fourth-order valence-corrected chi connectivity index (χ4v) is 5.12. The van der Waals surface area contributed by atoms with Gasteiger partial charge in [-0.3, -0.25) is 4.79 Å². The van der Waals surface area contributed by atoms with E-state index in [0.717, 1.165) is 18.6 Å². The predicted molar refractivity (Wildman–Crippen MR) is 120 cm³/mol. The van der Waals surface area contributed by atoms with Gasteiger partial charge in [0.1, 0.15) is 11.5 Å². The van der Waals surface area contributed by atoms with Crippen molar-refractivity contribution in [2.75, 3.05) is 25.5 Å². The van der Waals surface area contributed by atoms with E-state index in [-0.39, 0.29) is 23.3 Å². The molecule has 1 aliphatic heterocycles. The van der Waals surface area contributed by atoms with Crippen LogP contribution in [0.5, 0.6) is 11.5 Å². The van der Waals surface area contributed by atoms with Gasteiger partial charge < -0.3 is 14.8 Å². The zero-order valence-corrected chi connectivity index (χ0v) is 19.1. The Bertz CT molecular complexity index is 997. The van der Waals surface area contributed by atoms with Crippen molar-refractivity contribution in [1.82, 2.24) is 4.31 Å². The Morgan fingerprint density at radius 2 is 1.77 bits per heavy atom. The third-order valence-electron chi connectivity index (χ3n) is 5.09. The molecule has 7 nitrogen and oxygen atoms in total. The summed E-state index contributed by atoms with van der Waals surface area (Å²) in [5.74, 6) is 1.16. The number of methoxy groups -OCH3 is 1. The molecule has 1 N–H and O–H groups in total. The average molecular weight is 447 g/mol. The first kappa shape index (κ1) is 23.1. The van der Waals surface area contributed by atoms with E-state index < -0.39 is 10.0 Å². The Morgan fingerprint density at radius 1 is 1.10 bits per heavy atom. The van der Waals surface area contributed by atoms with Crippen molar-refractivity contribution < 1.29 is 22.7 Å². The second-order valence-corrected chi connectivity index (χ2v) is 9.76.